The number of anilines is 1. The maximum atomic E-state index is 5.87. The summed E-state index contributed by atoms with van der Waals surface area (Å²) >= 11 is 0. The van der Waals surface area contributed by atoms with Crippen molar-refractivity contribution in [2.24, 2.45) is 0 Å². The van der Waals surface area contributed by atoms with Crippen LogP contribution in [0.25, 0.3) is 0 Å². The number of ether oxygens (including phenoxy) is 2. The van der Waals surface area contributed by atoms with Crippen molar-refractivity contribution in [1.82, 2.24) is 0 Å². The molecule has 1 aliphatic rings. The van der Waals surface area contributed by atoms with Gasteiger partial charge >= 0.3 is 0 Å². The number of nitrogens with two attached hydrogens (primary N) is 1. The molecule has 1 heterocycles. The Morgan fingerprint density at radius 2 is 2.33 bits per heavy atom. The Morgan fingerprint density at radius 1 is 1.47 bits per heavy atom. The summed E-state index contributed by atoms with van der Waals surface area (Å²) in [4.78, 5) is 0. The molecule has 3 nitrogen and oxygen atoms in total. The van der Waals surface area contributed by atoms with Crippen LogP contribution in [0.2, 0.25) is 0 Å². The van der Waals surface area contributed by atoms with Crippen molar-refractivity contribution < 1.29 is 9.47 Å². The molecule has 0 aliphatic carbocycles. The molecule has 0 amide bonds. The van der Waals surface area contributed by atoms with Gasteiger partial charge in [-0.05, 0) is 31.4 Å². The highest BCUT2D eigenvalue weighted by molar-refractivity contribution is 5.56. The molecule has 1 unspecified atom stereocenters. The molecule has 1 saturated heterocycles. The Kier molecular flexibility index (Phi) is 3.11. The highest BCUT2D eigenvalue weighted by atomic mass is 16.5. The van der Waals surface area contributed by atoms with Gasteiger partial charge < -0.3 is 15.2 Å². The number of para-hydroxylation sites is 1. The molecule has 82 valence electrons. The quantitative estimate of drug-likeness (QED) is 0.755. The van der Waals surface area contributed by atoms with Gasteiger partial charge in [0.15, 0.2) is 0 Å². The van der Waals surface area contributed by atoms with Gasteiger partial charge in [0.25, 0.3) is 0 Å². The second-order valence-electron chi connectivity index (χ2n) is 3.95. The summed E-state index contributed by atoms with van der Waals surface area (Å²) in [5.74, 6) is 0.813. The van der Waals surface area contributed by atoms with Crippen molar-refractivity contribution in [3.05, 3.63) is 23.8 Å². The van der Waals surface area contributed by atoms with Gasteiger partial charge in [-0.3, -0.25) is 0 Å². The SMILES string of the molecule is Cc1cccc(N)c1OC1CCCOC1. The Hall–Kier alpha value is -1.22. The predicted molar refractivity (Wildman–Crippen MR) is 60.1 cm³/mol. The zero-order chi connectivity index (χ0) is 10.7. The van der Waals surface area contributed by atoms with E-state index in [2.05, 4.69) is 0 Å². The second-order valence-corrected chi connectivity index (χ2v) is 3.95. The number of hydrogen-bond donors (Lipinski definition) is 1. The topological polar surface area (TPSA) is 44.5 Å². The maximum Gasteiger partial charge on any atom is 0.145 e. The number of aryl methyl sites for hydroxylation is 1. The smallest absolute Gasteiger partial charge is 0.145 e. The Morgan fingerprint density at radius 3 is 3.00 bits per heavy atom. The van der Waals surface area contributed by atoms with Crippen LogP contribution in [-0.4, -0.2) is 19.3 Å². The van der Waals surface area contributed by atoms with E-state index in [1.807, 2.05) is 25.1 Å². The lowest BCUT2D eigenvalue weighted by Crippen LogP contribution is -2.28. The molecule has 0 radical (unpaired) electrons. The van der Waals surface area contributed by atoms with Crippen molar-refractivity contribution in [1.29, 1.82) is 0 Å². The zero-order valence-electron chi connectivity index (χ0n) is 9.03. The highest BCUT2D eigenvalue weighted by Gasteiger charge is 2.17. The van der Waals surface area contributed by atoms with E-state index in [4.69, 9.17) is 15.2 Å². The van der Waals surface area contributed by atoms with Crippen molar-refractivity contribution in [2.45, 2.75) is 25.9 Å². The van der Waals surface area contributed by atoms with Crippen LogP contribution in [0.15, 0.2) is 18.2 Å². The molecule has 0 saturated carbocycles. The first-order chi connectivity index (χ1) is 7.27. The Labute approximate surface area is 90.2 Å². The molecule has 1 aromatic carbocycles. The first-order valence-electron chi connectivity index (χ1n) is 5.37. The predicted octanol–water partition coefficient (Wildman–Crippen LogP) is 2.14. The maximum absolute atomic E-state index is 5.87. The molecule has 1 aromatic rings. The molecule has 3 heteroatoms. The first-order valence-corrected chi connectivity index (χ1v) is 5.37. The zero-order valence-corrected chi connectivity index (χ0v) is 9.03. The van der Waals surface area contributed by atoms with Gasteiger partial charge in [0.05, 0.1) is 12.3 Å². The Balaban J connectivity index is 2.09. The van der Waals surface area contributed by atoms with Crippen molar-refractivity contribution in [3.63, 3.8) is 0 Å². The molecular formula is C12H17NO2. The average molecular weight is 207 g/mol. The number of benzene rings is 1. The third-order valence-corrected chi connectivity index (χ3v) is 2.65. The van der Waals surface area contributed by atoms with Crippen molar-refractivity contribution >= 4 is 5.69 Å². The van der Waals surface area contributed by atoms with E-state index < -0.39 is 0 Å². The molecule has 0 spiro atoms. The number of nitrogen functional groups attached to an aromatic ring is 1. The summed E-state index contributed by atoms with van der Waals surface area (Å²) in [5, 5.41) is 0. The molecule has 1 aliphatic heterocycles. The molecule has 1 fully saturated rings. The van der Waals surface area contributed by atoms with Crippen LogP contribution < -0.4 is 10.5 Å². The van der Waals surface area contributed by atoms with E-state index in [-0.39, 0.29) is 6.10 Å². The van der Waals surface area contributed by atoms with E-state index in [9.17, 15) is 0 Å². The largest absolute Gasteiger partial charge is 0.486 e. The monoisotopic (exact) mass is 207 g/mol. The van der Waals surface area contributed by atoms with Crippen LogP contribution in [0.5, 0.6) is 5.75 Å². The molecule has 1 atom stereocenters. The molecule has 15 heavy (non-hydrogen) atoms. The molecule has 0 bridgehead atoms. The second kappa shape index (κ2) is 4.53. The lowest BCUT2D eigenvalue weighted by molar-refractivity contribution is 0.00749. The number of rotatable bonds is 2. The fourth-order valence-corrected chi connectivity index (χ4v) is 1.81. The third-order valence-electron chi connectivity index (χ3n) is 2.65. The Bertz CT molecular complexity index is 312. The molecule has 0 aromatic heterocycles. The summed E-state index contributed by atoms with van der Waals surface area (Å²) in [6.45, 7) is 3.53. The summed E-state index contributed by atoms with van der Waals surface area (Å²) in [5.41, 5.74) is 7.67. The minimum atomic E-state index is 0.155. The van der Waals surface area contributed by atoms with Gasteiger partial charge in [0.2, 0.25) is 0 Å². The first kappa shape index (κ1) is 10.3. The normalized spacial score (nSPS) is 21.3. The highest BCUT2D eigenvalue weighted by Crippen LogP contribution is 2.27. The van der Waals surface area contributed by atoms with Gasteiger partial charge in [0, 0.05) is 6.61 Å². The van der Waals surface area contributed by atoms with Crippen molar-refractivity contribution in [2.75, 3.05) is 18.9 Å². The van der Waals surface area contributed by atoms with Crippen LogP contribution in [0.1, 0.15) is 18.4 Å². The summed E-state index contributed by atoms with van der Waals surface area (Å²) in [6.07, 6.45) is 2.27. The van der Waals surface area contributed by atoms with E-state index in [0.29, 0.717) is 12.3 Å². The lowest BCUT2D eigenvalue weighted by atomic mass is 10.1. The van der Waals surface area contributed by atoms with E-state index in [1.165, 1.54) is 0 Å². The average Bonchev–Trinajstić information content (AvgIpc) is 2.25. The van der Waals surface area contributed by atoms with Crippen LogP contribution in [0, 0.1) is 6.92 Å². The summed E-state index contributed by atoms with van der Waals surface area (Å²) in [7, 11) is 0. The lowest BCUT2D eigenvalue weighted by Gasteiger charge is -2.24. The van der Waals surface area contributed by atoms with E-state index in [1.54, 1.807) is 0 Å². The summed E-state index contributed by atoms with van der Waals surface area (Å²) < 4.78 is 11.2. The van der Waals surface area contributed by atoms with E-state index in [0.717, 1.165) is 30.8 Å². The van der Waals surface area contributed by atoms with Gasteiger partial charge in [-0.25, -0.2) is 0 Å². The molecule has 2 rings (SSSR count). The van der Waals surface area contributed by atoms with Gasteiger partial charge in [-0.1, -0.05) is 12.1 Å². The fourth-order valence-electron chi connectivity index (χ4n) is 1.81. The standard InChI is InChI=1S/C12H17NO2/c1-9-4-2-6-11(13)12(9)15-10-5-3-7-14-8-10/h2,4,6,10H,3,5,7-8,13H2,1H3. The van der Waals surface area contributed by atoms with Gasteiger partial charge in [-0.2, -0.15) is 0 Å². The fraction of sp³-hybridized carbons (Fsp3) is 0.500. The van der Waals surface area contributed by atoms with Crippen LogP contribution in [0.3, 0.4) is 0 Å². The van der Waals surface area contributed by atoms with Crippen LogP contribution in [-0.2, 0) is 4.74 Å². The van der Waals surface area contributed by atoms with Crippen LogP contribution in [0.4, 0.5) is 5.69 Å². The van der Waals surface area contributed by atoms with Gasteiger partial charge in [-0.15, -0.1) is 0 Å². The minimum absolute atomic E-state index is 0.155. The molecule has 2 N–H and O–H groups in total. The number of hydrogen-bond acceptors (Lipinski definition) is 3. The van der Waals surface area contributed by atoms with Crippen LogP contribution >= 0.6 is 0 Å². The molecular weight excluding hydrogens is 190 g/mol. The van der Waals surface area contributed by atoms with Gasteiger partial charge in [0.1, 0.15) is 11.9 Å². The third kappa shape index (κ3) is 2.42. The van der Waals surface area contributed by atoms with Crippen molar-refractivity contribution in [3.8, 4) is 5.75 Å². The summed E-state index contributed by atoms with van der Waals surface area (Å²) in [6, 6.07) is 5.82. The van der Waals surface area contributed by atoms with E-state index >= 15 is 0 Å². The minimum Gasteiger partial charge on any atom is -0.486 e.